The van der Waals surface area contributed by atoms with Crippen molar-refractivity contribution in [3.05, 3.63) is 35.5 Å². The van der Waals surface area contributed by atoms with Crippen LogP contribution in [-0.4, -0.2) is 11.0 Å². The number of hydrogen-bond donors (Lipinski definition) is 0. The van der Waals surface area contributed by atoms with Crippen molar-refractivity contribution in [1.29, 1.82) is 0 Å². The van der Waals surface area contributed by atoms with Gasteiger partial charge < -0.3 is 4.74 Å². The lowest BCUT2D eigenvalue weighted by Gasteiger charge is -2.03. The monoisotopic (exact) mass is 221 g/mol. The highest BCUT2D eigenvalue weighted by Crippen LogP contribution is 2.25. The van der Waals surface area contributed by atoms with Crippen LogP contribution in [0.2, 0.25) is 5.02 Å². The summed E-state index contributed by atoms with van der Waals surface area (Å²) >= 11 is 5.97. The molecule has 3 nitrogen and oxygen atoms in total. The molecule has 0 bridgehead atoms. The second kappa shape index (κ2) is 3.87. The van der Waals surface area contributed by atoms with Gasteiger partial charge in [-0.1, -0.05) is 11.6 Å². The quantitative estimate of drug-likeness (QED) is 0.549. The number of esters is 1. The maximum absolute atomic E-state index is 10.7. The lowest BCUT2D eigenvalue weighted by Crippen LogP contribution is -2.01. The van der Waals surface area contributed by atoms with Gasteiger partial charge in [-0.3, -0.25) is 9.78 Å². The van der Waals surface area contributed by atoms with Crippen LogP contribution in [0.1, 0.15) is 6.92 Å². The summed E-state index contributed by atoms with van der Waals surface area (Å²) in [6.45, 7) is 1.36. The molecule has 0 fully saturated rings. The zero-order valence-electron chi connectivity index (χ0n) is 8.03. The number of carbonyl (C=O) groups excluding carboxylic acids is 1. The molecule has 76 valence electrons. The van der Waals surface area contributed by atoms with Crippen molar-refractivity contribution in [3.63, 3.8) is 0 Å². The Morgan fingerprint density at radius 1 is 1.40 bits per heavy atom. The molecular weight excluding hydrogens is 214 g/mol. The van der Waals surface area contributed by atoms with Gasteiger partial charge in [0.05, 0.1) is 10.5 Å². The van der Waals surface area contributed by atoms with E-state index in [1.807, 2.05) is 0 Å². The minimum absolute atomic E-state index is 0.351. The Kier molecular flexibility index (Phi) is 2.56. The van der Waals surface area contributed by atoms with Gasteiger partial charge in [-0.05, 0) is 18.2 Å². The summed E-state index contributed by atoms with van der Waals surface area (Å²) in [5, 5.41) is 1.48. The zero-order valence-corrected chi connectivity index (χ0v) is 8.78. The van der Waals surface area contributed by atoms with E-state index in [1.54, 1.807) is 30.5 Å². The molecule has 0 spiro atoms. The number of fused-ring (bicyclic) bond motifs is 1. The topological polar surface area (TPSA) is 39.2 Å². The minimum Gasteiger partial charge on any atom is -0.427 e. The molecule has 0 aliphatic heterocycles. The average molecular weight is 222 g/mol. The maximum Gasteiger partial charge on any atom is 0.308 e. The number of carbonyl (C=O) groups is 1. The molecule has 0 aliphatic carbocycles. The Balaban J connectivity index is 2.52. The molecule has 0 amide bonds. The molecule has 0 saturated carbocycles. The van der Waals surface area contributed by atoms with E-state index in [9.17, 15) is 4.79 Å². The van der Waals surface area contributed by atoms with Crippen LogP contribution in [-0.2, 0) is 4.79 Å². The van der Waals surface area contributed by atoms with E-state index in [0.717, 1.165) is 5.39 Å². The molecule has 1 heterocycles. The first-order valence-corrected chi connectivity index (χ1v) is 4.77. The SMILES string of the molecule is CC(=O)Oc1ccc2c(Cl)ccnc2c1. The van der Waals surface area contributed by atoms with Gasteiger partial charge in [-0.25, -0.2) is 0 Å². The average Bonchev–Trinajstić information content (AvgIpc) is 2.17. The summed E-state index contributed by atoms with van der Waals surface area (Å²) in [5.74, 6) is 0.126. The van der Waals surface area contributed by atoms with E-state index >= 15 is 0 Å². The minimum atomic E-state index is -0.351. The van der Waals surface area contributed by atoms with Crippen LogP contribution in [0.25, 0.3) is 10.9 Å². The fraction of sp³-hybridized carbons (Fsp3) is 0.0909. The summed E-state index contributed by atoms with van der Waals surface area (Å²) in [6, 6.07) is 6.87. The molecule has 15 heavy (non-hydrogen) atoms. The van der Waals surface area contributed by atoms with Crippen LogP contribution < -0.4 is 4.74 Å². The van der Waals surface area contributed by atoms with Crippen molar-refractivity contribution in [2.75, 3.05) is 0 Å². The lowest BCUT2D eigenvalue weighted by atomic mass is 10.2. The second-order valence-corrected chi connectivity index (χ2v) is 3.47. The normalized spacial score (nSPS) is 10.3. The van der Waals surface area contributed by atoms with Crippen molar-refractivity contribution < 1.29 is 9.53 Å². The van der Waals surface area contributed by atoms with Gasteiger partial charge in [0.25, 0.3) is 0 Å². The third-order valence-electron chi connectivity index (χ3n) is 1.92. The molecule has 0 saturated heterocycles. The molecule has 2 rings (SSSR count). The van der Waals surface area contributed by atoms with E-state index in [-0.39, 0.29) is 5.97 Å². The van der Waals surface area contributed by atoms with E-state index < -0.39 is 0 Å². The van der Waals surface area contributed by atoms with Crippen molar-refractivity contribution in [2.45, 2.75) is 6.92 Å². The molecule has 0 aliphatic rings. The van der Waals surface area contributed by atoms with Crippen LogP contribution in [0.5, 0.6) is 5.75 Å². The van der Waals surface area contributed by atoms with E-state index in [1.165, 1.54) is 6.92 Å². The summed E-state index contributed by atoms with van der Waals surface area (Å²) in [5.41, 5.74) is 0.709. The Morgan fingerprint density at radius 3 is 2.93 bits per heavy atom. The number of aromatic nitrogens is 1. The fourth-order valence-corrected chi connectivity index (χ4v) is 1.54. The molecule has 0 atom stereocenters. The van der Waals surface area contributed by atoms with Crippen LogP contribution in [0, 0.1) is 0 Å². The number of benzene rings is 1. The number of halogens is 1. The number of pyridine rings is 1. The highest BCUT2D eigenvalue weighted by atomic mass is 35.5. The number of ether oxygens (including phenoxy) is 1. The molecule has 0 unspecified atom stereocenters. The Hall–Kier alpha value is -1.61. The molecule has 4 heteroatoms. The number of nitrogens with zero attached hydrogens (tertiary/aromatic N) is 1. The van der Waals surface area contributed by atoms with Crippen molar-refractivity contribution in [2.24, 2.45) is 0 Å². The van der Waals surface area contributed by atoms with Crippen molar-refractivity contribution in [3.8, 4) is 5.75 Å². The smallest absolute Gasteiger partial charge is 0.308 e. The second-order valence-electron chi connectivity index (χ2n) is 3.07. The standard InChI is InChI=1S/C11H8ClNO2/c1-7(14)15-8-2-3-9-10(12)4-5-13-11(9)6-8/h2-6H,1H3. The summed E-state index contributed by atoms with van der Waals surface area (Å²) < 4.78 is 4.94. The zero-order chi connectivity index (χ0) is 10.8. The molecule has 0 radical (unpaired) electrons. The third-order valence-corrected chi connectivity index (χ3v) is 2.25. The van der Waals surface area contributed by atoms with Crippen molar-refractivity contribution >= 4 is 28.5 Å². The summed E-state index contributed by atoms with van der Waals surface area (Å²) in [4.78, 5) is 14.9. The van der Waals surface area contributed by atoms with E-state index in [0.29, 0.717) is 16.3 Å². The van der Waals surface area contributed by atoms with Gasteiger partial charge in [0, 0.05) is 24.6 Å². The van der Waals surface area contributed by atoms with Gasteiger partial charge >= 0.3 is 5.97 Å². The predicted molar refractivity (Wildman–Crippen MR) is 58.1 cm³/mol. The highest BCUT2D eigenvalue weighted by Gasteiger charge is 2.03. The van der Waals surface area contributed by atoms with Crippen LogP contribution in [0.4, 0.5) is 0 Å². The lowest BCUT2D eigenvalue weighted by molar-refractivity contribution is -0.131. The first-order chi connectivity index (χ1) is 7.16. The number of hydrogen-bond acceptors (Lipinski definition) is 3. The molecule has 0 N–H and O–H groups in total. The first-order valence-electron chi connectivity index (χ1n) is 4.39. The van der Waals surface area contributed by atoms with Crippen LogP contribution >= 0.6 is 11.6 Å². The summed E-state index contributed by atoms with van der Waals surface area (Å²) in [6.07, 6.45) is 1.61. The van der Waals surface area contributed by atoms with Gasteiger partial charge in [0.15, 0.2) is 0 Å². The highest BCUT2D eigenvalue weighted by molar-refractivity contribution is 6.35. The summed E-state index contributed by atoms with van der Waals surface area (Å²) in [7, 11) is 0. The first kappa shape index (κ1) is 9.93. The molecule has 1 aromatic carbocycles. The van der Waals surface area contributed by atoms with E-state index in [4.69, 9.17) is 16.3 Å². The Bertz CT molecular complexity index is 525. The molecular formula is C11H8ClNO2. The Labute approximate surface area is 91.6 Å². The third kappa shape index (κ3) is 2.07. The van der Waals surface area contributed by atoms with Gasteiger partial charge in [-0.15, -0.1) is 0 Å². The van der Waals surface area contributed by atoms with E-state index in [2.05, 4.69) is 4.98 Å². The maximum atomic E-state index is 10.7. The van der Waals surface area contributed by atoms with Crippen LogP contribution in [0.15, 0.2) is 30.5 Å². The predicted octanol–water partition coefficient (Wildman–Crippen LogP) is 2.81. The molecule has 1 aromatic heterocycles. The van der Waals surface area contributed by atoms with Gasteiger partial charge in [-0.2, -0.15) is 0 Å². The largest absolute Gasteiger partial charge is 0.427 e. The van der Waals surface area contributed by atoms with Gasteiger partial charge in [0.1, 0.15) is 5.75 Å². The molecule has 2 aromatic rings. The fourth-order valence-electron chi connectivity index (χ4n) is 1.32. The van der Waals surface area contributed by atoms with Crippen LogP contribution in [0.3, 0.4) is 0 Å². The van der Waals surface area contributed by atoms with Crippen molar-refractivity contribution in [1.82, 2.24) is 4.98 Å². The number of rotatable bonds is 1. The Morgan fingerprint density at radius 2 is 2.20 bits per heavy atom. The van der Waals surface area contributed by atoms with Gasteiger partial charge in [0.2, 0.25) is 0 Å².